The molecule has 45 heavy (non-hydrogen) atoms. The molecule has 0 N–H and O–H groups in total. The van der Waals surface area contributed by atoms with Crippen LogP contribution in [0.15, 0.2) is 174 Å². The smallest absolute Gasteiger partial charge is 0.136 e. The van der Waals surface area contributed by atoms with Gasteiger partial charge in [0.05, 0.1) is 13.7 Å². The first-order chi connectivity index (χ1) is 26.5. The van der Waals surface area contributed by atoms with Gasteiger partial charge in [-0.25, -0.2) is 0 Å². The topological polar surface area (TPSA) is 13.1 Å². The molecule has 1 nitrogen and oxygen atoms in total. The van der Waals surface area contributed by atoms with Crippen LogP contribution < -0.4 is 0 Å². The first kappa shape index (κ1) is 17.4. The second kappa shape index (κ2) is 10.4. The highest BCUT2D eigenvalue weighted by molar-refractivity contribution is 6.25. The van der Waals surface area contributed by atoms with Crippen molar-refractivity contribution in [3.63, 3.8) is 0 Å². The number of rotatable bonds is 4. The quantitative estimate of drug-likeness (QED) is 0.188. The van der Waals surface area contributed by atoms with Gasteiger partial charge in [0.15, 0.2) is 0 Å². The molecule has 0 unspecified atom stereocenters. The van der Waals surface area contributed by atoms with Gasteiger partial charge in [-0.05, 0) is 90.2 Å². The lowest BCUT2D eigenvalue weighted by atomic mass is 9.84. The molecule has 0 bridgehead atoms. The second-order valence-electron chi connectivity index (χ2n) is 10.8. The van der Waals surface area contributed by atoms with Crippen LogP contribution in [0.3, 0.4) is 0 Å². The summed E-state index contributed by atoms with van der Waals surface area (Å²) in [4.78, 5) is 0. The van der Waals surface area contributed by atoms with E-state index in [1.165, 1.54) is 0 Å². The summed E-state index contributed by atoms with van der Waals surface area (Å²) in [6.45, 7) is 0. The summed E-state index contributed by atoms with van der Waals surface area (Å²) in [5.74, 6) is 0. The van der Waals surface area contributed by atoms with Crippen LogP contribution >= 0.6 is 0 Å². The van der Waals surface area contributed by atoms with E-state index in [0.29, 0.717) is 43.8 Å². The summed E-state index contributed by atoms with van der Waals surface area (Å²) in [5, 5.41) is 2.70. The highest BCUT2D eigenvalue weighted by Gasteiger charge is 2.20. The highest BCUT2D eigenvalue weighted by atomic mass is 16.3. The van der Waals surface area contributed by atoms with Crippen LogP contribution in [0.25, 0.3) is 88.0 Å². The van der Waals surface area contributed by atoms with Crippen LogP contribution in [0.2, 0.25) is 0 Å². The van der Waals surface area contributed by atoms with E-state index in [9.17, 15) is 5.48 Å². The molecule has 0 spiro atoms. The summed E-state index contributed by atoms with van der Waals surface area (Å²) in [7, 11) is 0. The van der Waals surface area contributed by atoms with Gasteiger partial charge in [-0.15, -0.1) is 0 Å². The van der Waals surface area contributed by atoms with Crippen LogP contribution in [0.5, 0.6) is 0 Å². The SMILES string of the molecule is [2H]c1c([2H])c(-c2ccccc2)c([2H])c(-c2c3ccccc3c(-c3c([2H])c([2H])c([2H])c4oc5c([2H])c([2H])c(-c6ccccc6)c([2H])c5c34)c3ccccc23)c1[2H]. The molecule has 8 aromatic carbocycles. The van der Waals surface area contributed by atoms with Crippen molar-refractivity contribution in [1.29, 1.82) is 0 Å². The molecule has 0 amide bonds. The van der Waals surface area contributed by atoms with Gasteiger partial charge in [-0.2, -0.15) is 0 Å². The van der Waals surface area contributed by atoms with Crippen molar-refractivity contribution in [3.8, 4) is 44.5 Å². The molecule has 0 saturated carbocycles. The van der Waals surface area contributed by atoms with Crippen LogP contribution in [0.1, 0.15) is 13.7 Å². The van der Waals surface area contributed by atoms with Crippen molar-refractivity contribution in [1.82, 2.24) is 0 Å². The molecule has 1 heteroatoms. The molecule has 9 rings (SSSR count). The summed E-state index contributed by atoms with van der Waals surface area (Å²) in [6.07, 6.45) is 0. The van der Waals surface area contributed by atoms with E-state index < -0.39 is 6.04 Å². The number of benzene rings is 8. The summed E-state index contributed by atoms with van der Waals surface area (Å²) < 4.78 is 97.4. The number of fused-ring (bicyclic) bond motifs is 5. The van der Waals surface area contributed by atoms with Gasteiger partial charge in [0, 0.05) is 10.8 Å². The predicted octanol–water partition coefficient (Wildman–Crippen LogP) is 12.6. The van der Waals surface area contributed by atoms with E-state index in [-0.39, 0.29) is 98.6 Å². The average Bonchev–Trinajstić information content (AvgIpc) is 3.61. The predicted molar refractivity (Wildman–Crippen MR) is 190 cm³/mol. The fraction of sp³-hybridized carbons (Fsp3) is 0. The zero-order valence-electron chi connectivity index (χ0n) is 33.8. The van der Waals surface area contributed by atoms with Crippen molar-refractivity contribution < 1.29 is 18.1 Å². The maximum atomic E-state index is 9.52. The Labute approximate surface area is 275 Å². The van der Waals surface area contributed by atoms with Gasteiger partial charge in [-0.1, -0.05) is 145 Å². The lowest BCUT2D eigenvalue weighted by Gasteiger charge is -2.18. The summed E-state index contributed by atoms with van der Waals surface area (Å²) >= 11 is 0. The molecule has 0 aliphatic heterocycles. The Kier molecular flexibility index (Phi) is 4.01. The molecule has 0 saturated heterocycles. The fourth-order valence-electron chi connectivity index (χ4n) is 6.28. The van der Waals surface area contributed by atoms with E-state index in [1.807, 2.05) is 60.7 Å². The number of furan rings is 1. The third kappa shape index (κ3) is 4.17. The zero-order valence-corrected chi connectivity index (χ0v) is 23.8. The molecule has 0 radical (unpaired) electrons. The van der Waals surface area contributed by atoms with Crippen molar-refractivity contribution in [2.75, 3.05) is 0 Å². The van der Waals surface area contributed by atoms with Gasteiger partial charge >= 0.3 is 0 Å². The van der Waals surface area contributed by atoms with Crippen molar-refractivity contribution in [2.24, 2.45) is 0 Å². The molecule has 9 aromatic rings. The molecule has 0 aliphatic carbocycles. The van der Waals surface area contributed by atoms with Crippen LogP contribution in [0.4, 0.5) is 0 Å². The minimum absolute atomic E-state index is 0.0712. The highest BCUT2D eigenvalue weighted by Crippen LogP contribution is 2.47. The minimum Gasteiger partial charge on any atom is -0.456 e. The minimum atomic E-state index is -0.412. The van der Waals surface area contributed by atoms with Crippen LogP contribution in [0, 0.1) is 0 Å². The van der Waals surface area contributed by atoms with E-state index in [0.717, 1.165) is 0 Å². The van der Waals surface area contributed by atoms with Gasteiger partial charge in [0.25, 0.3) is 0 Å². The summed E-state index contributed by atoms with van der Waals surface area (Å²) in [5.41, 5.74) is 2.79. The Morgan fingerprint density at radius 1 is 0.378 bits per heavy atom. The Bertz CT molecular complexity index is 3030. The second-order valence-corrected chi connectivity index (χ2v) is 10.8. The fourth-order valence-corrected chi connectivity index (χ4v) is 6.28. The molecule has 1 heterocycles. The van der Waals surface area contributed by atoms with Crippen LogP contribution in [-0.2, 0) is 0 Å². The zero-order chi connectivity index (χ0) is 38.4. The normalized spacial score (nSPS) is 14.7. The van der Waals surface area contributed by atoms with Crippen LogP contribution in [-0.4, -0.2) is 0 Å². The Morgan fingerprint density at radius 2 is 0.911 bits per heavy atom. The van der Waals surface area contributed by atoms with Crippen molar-refractivity contribution >= 4 is 43.5 Å². The van der Waals surface area contributed by atoms with Crippen molar-refractivity contribution in [3.05, 3.63) is 170 Å². The molecule has 0 fully saturated rings. The Morgan fingerprint density at radius 3 is 1.56 bits per heavy atom. The first-order valence-corrected chi connectivity index (χ1v) is 14.6. The largest absolute Gasteiger partial charge is 0.456 e. The lowest BCUT2D eigenvalue weighted by molar-refractivity contribution is 0.669. The standard InChI is InChI=1S/C44H28O/c1-3-13-29(14-4-1)31-17-11-18-33(27-31)42-34-19-7-9-21-36(34)43(37-22-10-8-20-35(37)42)38-23-12-24-41-44(38)39-28-32(25-26-40(39)45-41)30-15-5-2-6-16-30/h1-28H/i11D,12D,17D,18D,23D,24D,25D,26D,27D,28D. The molecular formula is C44H28O. The van der Waals surface area contributed by atoms with E-state index in [2.05, 4.69) is 0 Å². The molecule has 210 valence electrons. The van der Waals surface area contributed by atoms with Gasteiger partial charge in [0.2, 0.25) is 0 Å². The third-order valence-corrected chi connectivity index (χ3v) is 8.25. The summed E-state index contributed by atoms with van der Waals surface area (Å²) in [6, 6.07) is 30.0. The average molecular weight is 583 g/mol. The molecular weight excluding hydrogens is 544 g/mol. The monoisotopic (exact) mass is 582 g/mol. The van der Waals surface area contributed by atoms with Gasteiger partial charge < -0.3 is 4.42 Å². The number of hydrogen-bond acceptors (Lipinski definition) is 1. The lowest BCUT2D eigenvalue weighted by Crippen LogP contribution is -1.91. The maximum Gasteiger partial charge on any atom is 0.136 e. The molecule has 1 aromatic heterocycles. The Hall–Kier alpha value is -5.92. The molecule has 0 aliphatic rings. The van der Waals surface area contributed by atoms with Gasteiger partial charge in [0.1, 0.15) is 11.2 Å². The first-order valence-electron chi connectivity index (χ1n) is 19.6. The van der Waals surface area contributed by atoms with E-state index >= 15 is 0 Å². The Balaban J connectivity index is 1.49. The number of hydrogen-bond donors (Lipinski definition) is 0. The third-order valence-electron chi connectivity index (χ3n) is 8.25. The van der Waals surface area contributed by atoms with E-state index in [4.69, 9.17) is 12.6 Å². The van der Waals surface area contributed by atoms with Gasteiger partial charge in [-0.3, -0.25) is 0 Å². The molecule has 0 atom stereocenters. The van der Waals surface area contributed by atoms with Crippen molar-refractivity contribution in [2.45, 2.75) is 0 Å². The van der Waals surface area contributed by atoms with E-state index in [1.54, 1.807) is 48.5 Å². The maximum absolute atomic E-state index is 9.52.